The average molecular weight is 682 g/mol. The monoisotopic (exact) mass is 682 g/mol. The number of hydrogen-bond acceptors (Lipinski definition) is 5. The van der Waals surface area contributed by atoms with Gasteiger partial charge in [0.05, 0.1) is 18.8 Å². The Morgan fingerprint density at radius 2 is 0.875 bits per heavy atom. The van der Waals surface area contributed by atoms with E-state index in [1.54, 1.807) is 0 Å². The lowest BCUT2D eigenvalue weighted by molar-refractivity contribution is -0.132. The first-order valence-electron chi connectivity index (χ1n) is 21.1. The van der Waals surface area contributed by atoms with Crippen LogP contribution in [-0.2, 0) is 4.79 Å². The van der Waals surface area contributed by atoms with Crippen molar-refractivity contribution in [1.82, 2.24) is 5.32 Å². The third-order valence-electron chi connectivity index (χ3n) is 9.98. The maximum Gasteiger partial charge on any atom is 0.249 e. The highest BCUT2D eigenvalue weighted by atomic mass is 16.3. The molecule has 0 rings (SSSR count). The highest BCUT2D eigenvalue weighted by Crippen LogP contribution is 2.16. The number of amides is 1. The third kappa shape index (κ3) is 31.1. The van der Waals surface area contributed by atoms with E-state index in [1.165, 1.54) is 161 Å². The van der Waals surface area contributed by atoms with E-state index in [0.29, 0.717) is 6.42 Å². The van der Waals surface area contributed by atoms with Crippen molar-refractivity contribution in [2.75, 3.05) is 6.61 Å². The summed E-state index contributed by atoms with van der Waals surface area (Å²) in [6, 6.07) is -1.01. The summed E-state index contributed by atoms with van der Waals surface area (Å²) < 4.78 is 0. The normalized spacial score (nSPS) is 14.4. The van der Waals surface area contributed by atoms with Crippen molar-refractivity contribution in [3.63, 3.8) is 0 Å². The minimum absolute atomic E-state index is 0.257. The van der Waals surface area contributed by atoms with Gasteiger partial charge in [-0.15, -0.1) is 0 Å². The summed E-state index contributed by atoms with van der Waals surface area (Å²) in [4.78, 5) is 12.5. The van der Waals surface area contributed by atoms with E-state index < -0.39 is 36.9 Å². The minimum atomic E-state index is -1.30. The van der Waals surface area contributed by atoms with E-state index >= 15 is 0 Å². The second-order valence-corrected chi connectivity index (χ2v) is 14.7. The van der Waals surface area contributed by atoms with Gasteiger partial charge >= 0.3 is 0 Å². The Kier molecular flexibility index (Phi) is 36.6. The topological polar surface area (TPSA) is 110 Å². The molecular weight excluding hydrogens is 598 g/mol. The van der Waals surface area contributed by atoms with Crippen LogP contribution in [0.2, 0.25) is 0 Å². The van der Waals surface area contributed by atoms with Gasteiger partial charge in [-0.25, -0.2) is 0 Å². The molecule has 0 aliphatic heterocycles. The zero-order chi connectivity index (χ0) is 35.3. The summed E-state index contributed by atoms with van der Waals surface area (Å²) in [6.45, 7) is 4.02. The molecule has 0 heterocycles. The first-order chi connectivity index (χ1) is 23.5. The standard InChI is InChI=1S/C42H83NO5/c1-3-5-7-9-11-13-15-17-18-19-20-21-22-23-24-26-28-30-32-34-36-40(46)42(48)43-38(37-44)41(47)39(45)35-33-31-29-27-25-16-14-12-10-8-6-4-2/h31,33,38-41,44-47H,3-30,32,34-37H2,1-2H3,(H,43,48)/b33-31+/t38-,39+,40-,41-/m0/s1. The van der Waals surface area contributed by atoms with Crippen LogP contribution in [0.3, 0.4) is 0 Å². The molecule has 0 unspecified atom stereocenters. The van der Waals surface area contributed by atoms with Gasteiger partial charge in [-0.05, 0) is 25.7 Å². The van der Waals surface area contributed by atoms with Crippen molar-refractivity contribution in [2.45, 2.75) is 244 Å². The van der Waals surface area contributed by atoms with Crippen molar-refractivity contribution in [2.24, 2.45) is 0 Å². The predicted octanol–water partition coefficient (Wildman–Crippen LogP) is 10.6. The molecule has 286 valence electrons. The van der Waals surface area contributed by atoms with Crippen LogP contribution in [0.25, 0.3) is 0 Å². The Hall–Kier alpha value is -0.950. The van der Waals surface area contributed by atoms with Crippen molar-refractivity contribution in [3.8, 4) is 0 Å². The Morgan fingerprint density at radius 3 is 1.25 bits per heavy atom. The number of nitrogens with one attached hydrogen (secondary N) is 1. The minimum Gasteiger partial charge on any atom is -0.394 e. The Morgan fingerprint density at radius 1 is 0.521 bits per heavy atom. The number of carbonyl (C=O) groups excluding carboxylic acids is 1. The summed E-state index contributed by atoms with van der Waals surface area (Å²) in [5, 5.41) is 43.4. The molecule has 1 amide bonds. The van der Waals surface area contributed by atoms with Crippen molar-refractivity contribution in [1.29, 1.82) is 0 Å². The van der Waals surface area contributed by atoms with Crippen molar-refractivity contribution < 1.29 is 25.2 Å². The summed E-state index contributed by atoms with van der Waals surface area (Å²) >= 11 is 0. The fourth-order valence-electron chi connectivity index (χ4n) is 6.58. The maximum absolute atomic E-state index is 12.5. The lowest BCUT2D eigenvalue weighted by Gasteiger charge is -2.26. The van der Waals surface area contributed by atoms with Crippen LogP contribution in [0.1, 0.15) is 219 Å². The first-order valence-corrected chi connectivity index (χ1v) is 21.1. The van der Waals surface area contributed by atoms with E-state index in [1.807, 2.05) is 12.2 Å². The second kappa shape index (κ2) is 37.3. The predicted molar refractivity (Wildman–Crippen MR) is 205 cm³/mol. The molecule has 0 bridgehead atoms. The lowest BCUT2D eigenvalue weighted by Crippen LogP contribution is -2.52. The molecule has 5 N–H and O–H groups in total. The number of aliphatic hydroxyl groups excluding tert-OH is 4. The van der Waals surface area contributed by atoms with Gasteiger partial charge in [0.2, 0.25) is 5.91 Å². The van der Waals surface area contributed by atoms with Crippen molar-refractivity contribution >= 4 is 5.91 Å². The molecule has 0 aliphatic carbocycles. The number of hydrogen-bond donors (Lipinski definition) is 5. The van der Waals surface area contributed by atoms with Crippen LogP contribution < -0.4 is 5.32 Å². The van der Waals surface area contributed by atoms with Gasteiger partial charge in [0.25, 0.3) is 0 Å². The molecule has 0 saturated heterocycles. The number of rotatable bonds is 38. The molecule has 6 nitrogen and oxygen atoms in total. The molecule has 0 aliphatic rings. The smallest absolute Gasteiger partial charge is 0.249 e. The quantitative estimate of drug-likeness (QED) is 0.0329. The zero-order valence-corrected chi connectivity index (χ0v) is 32.0. The third-order valence-corrected chi connectivity index (χ3v) is 9.98. The van der Waals surface area contributed by atoms with Gasteiger partial charge < -0.3 is 25.7 Å². The van der Waals surface area contributed by atoms with Crippen LogP contribution >= 0.6 is 0 Å². The fourth-order valence-corrected chi connectivity index (χ4v) is 6.58. The van der Waals surface area contributed by atoms with Gasteiger partial charge in [-0.1, -0.05) is 206 Å². The van der Waals surface area contributed by atoms with Crippen LogP contribution in [0.4, 0.5) is 0 Å². The van der Waals surface area contributed by atoms with Gasteiger partial charge in [0.1, 0.15) is 12.2 Å². The van der Waals surface area contributed by atoms with Gasteiger partial charge in [-0.3, -0.25) is 4.79 Å². The van der Waals surface area contributed by atoms with E-state index in [0.717, 1.165) is 32.1 Å². The van der Waals surface area contributed by atoms with Crippen LogP contribution in [0.15, 0.2) is 12.2 Å². The molecule has 0 saturated carbocycles. The summed E-state index contributed by atoms with van der Waals surface area (Å²) in [6.07, 6.45) is 39.7. The van der Waals surface area contributed by atoms with Gasteiger partial charge in [-0.2, -0.15) is 0 Å². The Balaban J connectivity index is 3.73. The van der Waals surface area contributed by atoms with Crippen molar-refractivity contribution in [3.05, 3.63) is 12.2 Å². The summed E-state index contributed by atoms with van der Waals surface area (Å²) in [5.74, 6) is -0.598. The maximum atomic E-state index is 12.5. The van der Waals surface area contributed by atoms with Gasteiger partial charge in [0, 0.05) is 0 Å². The van der Waals surface area contributed by atoms with Gasteiger partial charge in [0.15, 0.2) is 0 Å². The fraction of sp³-hybridized carbons (Fsp3) is 0.929. The Bertz CT molecular complexity index is 687. The van der Waals surface area contributed by atoms with E-state index in [-0.39, 0.29) is 6.42 Å². The Labute approximate surface area is 298 Å². The molecule has 0 aromatic carbocycles. The lowest BCUT2D eigenvalue weighted by atomic mass is 10.0. The summed E-state index contributed by atoms with van der Waals surface area (Å²) in [5.41, 5.74) is 0. The van der Waals surface area contributed by atoms with Crippen LogP contribution in [0, 0.1) is 0 Å². The highest BCUT2D eigenvalue weighted by Gasteiger charge is 2.28. The van der Waals surface area contributed by atoms with E-state index in [9.17, 15) is 25.2 Å². The number of allylic oxidation sites excluding steroid dienone is 1. The second-order valence-electron chi connectivity index (χ2n) is 14.7. The molecule has 4 atom stereocenters. The molecule has 0 aromatic rings. The van der Waals surface area contributed by atoms with E-state index in [4.69, 9.17) is 0 Å². The molecule has 0 spiro atoms. The highest BCUT2D eigenvalue weighted by molar-refractivity contribution is 5.80. The molecular formula is C42H83NO5. The first kappa shape index (κ1) is 47.0. The molecule has 6 heteroatoms. The zero-order valence-electron chi connectivity index (χ0n) is 32.0. The van der Waals surface area contributed by atoms with E-state index in [2.05, 4.69) is 19.2 Å². The molecule has 0 fully saturated rings. The molecule has 0 aromatic heterocycles. The molecule has 48 heavy (non-hydrogen) atoms. The van der Waals surface area contributed by atoms with Crippen LogP contribution in [-0.4, -0.2) is 57.3 Å². The number of unbranched alkanes of at least 4 members (excludes halogenated alkanes) is 28. The average Bonchev–Trinajstić information content (AvgIpc) is 3.09. The largest absolute Gasteiger partial charge is 0.394 e. The number of aliphatic hydroxyl groups is 4. The number of carbonyl (C=O) groups is 1. The van der Waals surface area contributed by atoms with Crippen LogP contribution in [0.5, 0.6) is 0 Å². The molecule has 0 radical (unpaired) electrons. The SMILES string of the molecule is CCCCCCCCCCC/C=C/C[C@@H](O)[C@@H](O)[C@H](CO)NC(=O)[C@@H](O)CCCCCCCCCCCCCCCCCCCCCC. The summed E-state index contributed by atoms with van der Waals surface area (Å²) in [7, 11) is 0.